The molecule has 0 saturated carbocycles. The molecule has 0 radical (unpaired) electrons. The molecular weight excluding hydrogens is 521 g/mol. The zero-order chi connectivity index (χ0) is 26.5. The second kappa shape index (κ2) is 9.62. The van der Waals surface area contributed by atoms with E-state index in [1.807, 2.05) is 0 Å². The Bertz CT molecular complexity index is 1300. The maximum atomic E-state index is 14.2. The van der Waals surface area contributed by atoms with Crippen LogP contribution in [0.15, 0.2) is 58.5 Å². The average molecular weight is 546 g/mol. The first-order chi connectivity index (χ1) is 17.4. The molecule has 0 amide bonds. The molecule has 0 bridgehead atoms. The number of sulfonamides is 1. The lowest BCUT2D eigenvalue weighted by Crippen LogP contribution is -2.49. The van der Waals surface area contributed by atoms with Crippen molar-refractivity contribution in [2.45, 2.75) is 35.9 Å². The summed E-state index contributed by atoms with van der Waals surface area (Å²) >= 11 is 0. The molecule has 0 aromatic heterocycles. The van der Waals surface area contributed by atoms with Crippen molar-refractivity contribution in [2.75, 3.05) is 32.8 Å². The maximum Gasteiger partial charge on any atom is 0.573 e. The topological polar surface area (TPSA) is 85.1 Å². The first-order valence-electron chi connectivity index (χ1n) is 11.5. The molecule has 200 valence electrons. The number of hydrogen-bond donors (Lipinski definition) is 1. The molecule has 2 aromatic carbocycles. The van der Waals surface area contributed by atoms with Crippen molar-refractivity contribution >= 4 is 10.0 Å². The van der Waals surface area contributed by atoms with Gasteiger partial charge in [-0.2, -0.15) is 4.31 Å². The molecule has 1 saturated heterocycles. The van der Waals surface area contributed by atoms with Gasteiger partial charge in [-0.15, -0.1) is 13.2 Å². The van der Waals surface area contributed by atoms with Crippen LogP contribution in [-0.4, -0.2) is 68.9 Å². The van der Waals surface area contributed by atoms with Crippen LogP contribution in [0.2, 0.25) is 0 Å². The quantitative estimate of drug-likeness (QED) is 0.459. The Balaban J connectivity index is 1.18. The fourth-order valence-electron chi connectivity index (χ4n) is 5.12. The highest BCUT2D eigenvalue weighted by atomic mass is 32.2. The molecule has 3 atom stereocenters. The van der Waals surface area contributed by atoms with E-state index in [9.17, 15) is 30.4 Å². The summed E-state index contributed by atoms with van der Waals surface area (Å²) in [4.78, 5) is 2.01. The highest BCUT2D eigenvalue weighted by Crippen LogP contribution is 2.36. The van der Waals surface area contributed by atoms with Crippen LogP contribution in [0.5, 0.6) is 5.75 Å². The molecule has 13 heteroatoms. The van der Waals surface area contributed by atoms with E-state index in [0.717, 1.165) is 53.6 Å². The van der Waals surface area contributed by atoms with Crippen LogP contribution in [0.3, 0.4) is 0 Å². The summed E-state index contributed by atoms with van der Waals surface area (Å²) in [5, 5.41) is 0. The van der Waals surface area contributed by atoms with Crippen molar-refractivity contribution in [3.05, 3.63) is 70.8 Å². The number of alkyl halides is 3. The summed E-state index contributed by atoms with van der Waals surface area (Å²) in [6, 6.07) is 6.67. The molecule has 0 spiro atoms. The monoisotopic (exact) mass is 545 g/mol. The molecule has 3 heterocycles. The number of ether oxygens (including phenoxy) is 2. The number of nitrogens with two attached hydrogens (primary N) is 1. The Morgan fingerprint density at radius 1 is 0.973 bits per heavy atom. The summed E-state index contributed by atoms with van der Waals surface area (Å²) < 4.78 is 102. The average Bonchev–Trinajstić information content (AvgIpc) is 3.40. The van der Waals surface area contributed by atoms with Crippen LogP contribution in [0.25, 0.3) is 0 Å². The van der Waals surface area contributed by atoms with Crippen LogP contribution in [-0.2, 0) is 14.8 Å². The normalized spacial score (nSPS) is 25.5. The summed E-state index contributed by atoms with van der Waals surface area (Å²) in [5.41, 5.74) is 8.27. The highest BCUT2D eigenvalue weighted by molar-refractivity contribution is 7.89. The van der Waals surface area contributed by atoms with E-state index in [0.29, 0.717) is 19.5 Å². The van der Waals surface area contributed by atoms with Crippen molar-refractivity contribution in [3.63, 3.8) is 0 Å². The first-order valence-corrected chi connectivity index (χ1v) is 13.0. The molecule has 3 aliphatic heterocycles. The van der Waals surface area contributed by atoms with Crippen molar-refractivity contribution in [3.8, 4) is 5.75 Å². The van der Waals surface area contributed by atoms with Crippen LogP contribution >= 0.6 is 0 Å². The van der Waals surface area contributed by atoms with E-state index >= 15 is 0 Å². The largest absolute Gasteiger partial charge is 0.573 e. The third-order valence-electron chi connectivity index (χ3n) is 6.90. The number of hydrogen-bond acceptors (Lipinski definition) is 6. The Morgan fingerprint density at radius 3 is 2.22 bits per heavy atom. The lowest BCUT2D eigenvalue weighted by Gasteiger charge is -2.39. The van der Waals surface area contributed by atoms with Gasteiger partial charge in [0.2, 0.25) is 10.0 Å². The molecule has 7 nitrogen and oxygen atoms in total. The zero-order valence-electron chi connectivity index (χ0n) is 19.4. The SMILES string of the molecule is N[C@H]1C[C@@H](N2CC3=C(C2)CN(S(=O)(=O)c2ccc(OC(F)(F)F)cc2)C3)CO[C@@H]1c1cc(F)ccc1F. The Hall–Kier alpha value is -2.58. The smallest absolute Gasteiger partial charge is 0.406 e. The van der Waals surface area contributed by atoms with Gasteiger partial charge in [-0.3, -0.25) is 4.90 Å². The second-order valence-electron chi connectivity index (χ2n) is 9.38. The van der Waals surface area contributed by atoms with E-state index < -0.39 is 45.9 Å². The molecule has 2 N–H and O–H groups in total. The van der Waals surface area contributed by atoms with Crippen molar-refractivity contribution in [1.29, 1.82) is 0 Å². The Labute approximate surface area is 210 Å². The predicted molar refractivity (Wildman–Crippen MR) is 122 cm³/mol. The van der Waals surface area contributed by atoms with Gasteiger partial charge in [0.15, 0.2) is 0 Å². The van der Waals surface area contributed by atoms with Gasteiger partial charge in [0, 0.05) is 43.8 Å². The molecule has 3 aliphatic rings. The molecule has 0 aliphatic carbocycles. The fraction of sp³-hybridized carbons (Fsp3) is 0.417. The van der Waals surface area contributed by atoms with Gasteiger partial charge in [-0.1, -0.05) is 0 Å². The number of nitrogens with zero attached hydrogens (tertiary/aromatic N) is 2. The van der Waals surface area contributed by atoms with Gasteiger partial charge < -0.3 is 15.2 Å². The fourth-order valence-corrected chi connectivity index (χ4v) is 6.55. The minimum absolute atomic E-state index is 0.0697. The minimum Gasteiger partial charge on any atom is -0.406 e. The standard InChI is InChI=1S/C24H24F5N3O4S/c25-16-1-6-21(26)20(7-16)23-22(30)8-17(13-35-23)31-9-14-11-32(12-15(14)10-31)37(33,34)19-4-2-18(3-5-19)36-24(27,28)29/h1-7,17,22-23H,8-13,30H2/t17-,22+,23-/m1/s1. The highest BCUT2D eigenvalue weighted by Gasteiger charge is 2.41. The number of benzene rings is 2. The molecule has 5 rings (SSSR count). The second-order valence-corrected chi connectivity index (χ2v) is 11.3. The molecule has 0 unspecified atom stereocenters. The predicted octanol–water partition coefficient (Wildman–Crippen LogP) is 3.34. The number of rotatable bonds is 5. The number of halogens is 5. The van der Waals surface area contributed by atoms with E-state index in [1.165, 1.54) is 4.31 Å². The van der Waals surface area contributed by atoms with Gasteiger partial charge in [0.25, 0.3) is 0 Å². The van der Waals surface area contributed by atoms with E-state index in [1.54, 1.807) is 0 Å². The lowest BCUT2D eigenvalue weighted by atomic mass is 9.93. The van der Waals surface area contributed by atoms with E-state index in [4.69, 9.17) is 10.5 Å². The maximum absolute atomic E-state index is 14.2. The van der Waals surface area contributed by atoms with Crippen molar-refractivity contribution < 1.29 is 39.8 Å². The molecular formula is C24H24F5N3O4S. The summed E-state index contributed by atoms with van der Waals surface area (Å²) in [6.45, 7) is 1.64. The van der Waals surface area contributed by atoms with E-state index in [2.05, 4.69) is 9.64 Å². The third kappa shape index (κ3) is 5.36. The summed E-state index contributed by atoms with van der Waals surface area (Å²) in [5.74, 6) is -1.65. The molecule has 1 fully saturated rings. The Kier molecular flexibility index (Phi) is 6.77. The van der Waals surface area contributed by atoms with Crippen molar-refractivity contribution in [1.82, 2.24) is 9.21 Å². The summed E-state index contributed by atoms with van der Waals surface area (Å²) in [7, 11) is -3.91. The van der Waals surface area contributed by atoms with Gasteiger partial charge in [-0.25, -0.2) is 17.2 Å². The minimum atomic E-state index is -4.87. The van der Waals surface area contributed by atoms with Gasteiger partial charge >= 0.3 is 6.36 Å². The van der Waals surface area contributed by atoms with Gasteiger partial charge in [0.05, 0.1) is 11.5 Å². The molecule has 2 aromatic rings. The lowest BCUT2D eigenvalue weighted by molar-refractivity contribution is -0.274. The zero-order valence-corrected chi connectivity index (χ0v) is 20.2. The third-order valence-corrected chi connectivity index (χ3v) is 8.71. The van der Waals surface area contributed by atoms with Gasteiger partial charge in [-0.05, 0) is 60.0 Å². The first kappa shape index (κ1) is 26.0. The van der Waals surface area contributed by atoms with Crippen LogP contribution < -0.4 is 10.5 Å². The van der Waals surface area contributed by atoms with Gasteiger partial charge in [0.1, 0.15) is 23.5 Å². The molecule has 37 heavy (non-hydrogen) atoms. The Morgan fingerprint density at radius 2 is 1.62 bits per heavy atom. The van der Waals surface area contributed by atoms with Crippen LogP contribution in [0.1, 0.15) is 18.1 Å². The summed E-state index contributed by atoms with van der Waals surface area (Å²) in [6.07, 6.45) is -5.13. The van der Waals surface area contributed by atoms with Crippen molar-refractivity contribution in [2.24, 2.45) is 5.73 Å². The van der Waals surface area contributed by atoms with Crippen LogP contribution in [0.4, 0.5) is 22.0 Å². The van der Waals surface area contributed by atoms with E-state index in [-0.39, 0.29) is 36.2 Å². The van der Waals surface area contributed by atoms with Crippen LogP contribution in [0, 0.1) is 11.6 Å².